The van der Waals surface area contributed by atoms with Crippen LogP contribution < -0.4 is 5.73 Å². The summed E-state index contributed by atoms with van der Waals surface area (Å²) < 4.78 is 5.78. The molecule has 1 aliphatic rings. The summed E-state index contributed by atoms with van der Waals surface area (Å²) in [6, 6.07) is 18.8. The van der Waals surface area contributed by atoms with E-state index in [1.54, 1.807) is 0 Å². The smallest absolute Gasteiger partial charge is 0.0663 e. The minimum atomic E-state index is -0.0274. The summed E-state index contributed by atoms with van der Waals surface area (Å²) in [6.45, 7) is 0.620. The van der Waals surface area contributed by atoms with Crippen LogP contribution in [0.1, 0.15) is 30.9 Å². The molecule has 0 aliphatic heterocycles. The molecule has 2 aromatic rings. The molecule has 1 unspecified atom stereocenters. The summed E-state index contributed by atoms with van der Waals surface area (Å²) in [4.78, 5) is 0. The van der Waals surface area contributed by atoms with Gasteiger partial charge >= 0.3 is 0 Å². The molecule has 1 fully saturated rings. The lowest BCUT2D eigenvalue weighted by atomic mass is 9.96. The average Bonchev–Trinajstić information content (AvgIpc) is 2.46. The van der Waals surface area contributed by atoms with E-state index in [0.717, 1.165) is 5.56 Å². The molecule has 2 aromatic carbocycles. The van der Waals surface area contributed by atoms with E-state index in [4.69, 9.17) is 10.5 Å². The predicted molar refractivity (Wildman–Crippen MR) is 82.4 cm³/mol. The maximum Gasteiger partial charge on any atom is 0.0663 e. The fourth-order valence-corrected chi connectivity index (χ4v) is 2.43. The van der Waals surface area contributed by atoms with Gasteiger partial charge in [0.2, 0.25) is 0 Å². The van der Waals surface area contributed by atoms with Crippen LogP contribution in [0.25, 0.3) is 11.1 Å². The summed E-state index contributed by atoms with van der Waals surface area (Å²) in [5.41, 5.74) is 9.79. The highest BCUT2D eigenvalue weighted by molar-refractivity contribution is 5.63. The minimum absolute atomic E-state index is 0.0274. The van der Waals surface area contributed by atoms with Crippen LogP contribution in [0.3, 0.4) is 0 Å². The van der Waals surface area contributed by atoms with Gasteiger partial charge in [-0.2, -0.15) is 0 Å². The second kappa shape index (κ2) is 6.21. The summed E-state index contributed by atoms with van der Waals surface area (Å²) in [7, 11) is 0. The third-order valence-corrected chi connectivity index (χ3v) is 4.01. The standard InChI is InChI=1S/C18H21NO/c19-18(13-20-17-7-4-8-17)16-11-9-15(10-12-16)14-5-2-1-3-6-14/h1-3,5-6,9-12,17-18H,4,7-8,13,19H2. The lowest BCUT2D eigenvalue weighted by Gasteiger charge is -2.27. The van der Waals surface area contributed by atoms with Gasteiger partial charge in [-0.05, 0) is 36.0 Å². The fourth-order valence-electron chi connectivity index (χ4n) is 2.43. The summed E-state index contributed by atoms with van der Waals surface area (Å²) in [6.07, 6.45) is 4.13. The summed E-state index contributed by atoms with van der Waals surface area (Å²) in [5, 5.41) is 0. The lowest BCUT2D eigenvalue weighted by molar-refractivity contribution is -0.00445. The fraction of sp³-hybridized carbons (Fsp3) is 0.333. The Morgan fingerprint density at radius 2 is 1.60 bits per heavy atom. The first-order chi connectivity index (χ1) is 9.83. The van der Waals surface area contributed by atoms with Crippen LogP contribution in [-0.4, -0.2) is 12.7 Å². The van der Waals surface area contributed by atoms with Crippen molar-refractivity contribution in [2.75, 3.05) is 6.61 Å². The van der Waals surface area contributed by atoms with Gasteiger partial charge in [-0.15, -0.1) is 0 Å². The normalized spacial score (nSPS) is 16.6. The van der Waals surface area contributed by atoms with Crippen LogP contribution in [0.5, 0.6) is 0 Å². The van der Waals surface area contributed by atoms with Crippen molar-refractivity contribution in [3.05, 3.63) is 60.2 Å². The third-order valence-electron chi connectivity index (χ3n) is 4.01. The number of rotatable bonds is 5. The second-order valence-corrected chi connectivity index (χ2v) is 5.48. The monoisotopic (exact) mass is 267 g/mol. The molecule has 2 nitrogen and oxygen atoms in total. The second-order valence-electron chi connectivity index (χ2n) is 5.48. The van der Waals surface area contributed by atoms with Crippen LogP contribution >= 0.6 is 0 Å². The molecule has 0 radical (unpaired) electrons. The van der Waals surface area contributed by atoms with Gasteiger partial charge in [-0.3, -0.25) is 0 Å². The molecule has 2 heteroatoms. The van der Waals surface area contributed by atoms with Crippen LogP contribution in [0.15, 0.2) is 54.6 Å². The van der Waals surface area contributed by atoms with E-state index in [2.05, 4.69) is 48.5 Å². The van der Waals surface area contributed by atoms with Crippen molar-refractivity contribution < 1.29 is 4.74 Å². The van der Waals surface area contributed by atoms with E-state index in [-0.39, 0.29) is 6.04 Å². The molecule has 104 valence electrons. The van der Waals surface area contributed by atoms with Gasteiger partial charge in [0.15, 0.2) is 0 Å². The third kappa shape index (κ3) is 3.09. The van der Waals surface area contributed by atoms with Crippen LogP contribution in [-0.2, 0) is 4.74 Å². The number of benzene rings is 2. The van der Waals surface area contributed by atoms with Gasteiger partial charge < -0.3 is 10.5 Å². The number of hydrogen-bond acceptors (Lipinski definition) is 2. The van der Waals surface area contributed by atoms with E-state index in [1.165, 1.54) is 30.4 Å². The van der Waals surface area contributed by atoms with Gasteiger partial charge in [0.1, 0.15) is 0 Å². The Labute approximate surface area is 120 Å². The molecule has 2 N–H and O–H groups in total. The van der Waals surface area contributed by atoms with Gasteiger partial charge in [-0.1, -0.05) is 54.6 Å². The zero-order valence-electron chi connectivity index (χ0n) is 11.7. The van der Waals surface area contributed by atoms with E-state index in [9.17, 15) is 0 Å². The van der Waals surface area contributed by atoms with Gasteiger partial charge in [-0.25, -0.2) is 0 Å². The molecule has 1 saturated carbocycles. The van der Waals surface area contributed by atoms with Crippen LogP contribution in [0.4, 0.5) is 0 Å². The first-order valence-electron chi connectivity index (χ1n) is 7.35. The predicted octanol–water partition coefficient (Wildman–Crippen LogP) is 3.92. The number of nitrogens with two attached hydrogens (primary N) is 1. The Morgan fingerprint density at radius 3 is 2.20 bits per heavy atom. The molecule has 0 spiro atoms. The molecule has 1 aliphatic carbocycles. The van der Waals surface area contributed by atoms with Crippen molar-refractivity contribution in [1.29, 1.82) is 0 Å². The Balaban J connectivity index is 1.63. The lowest BCUT2D eigenvalue weighted by Crippen LogP contribution is -2.26. The zero-order valence-corrected chi connectivity index (χ0v) is 11.7. The molecule has 20 heavy (non-hydrogen) atoms. The van der Waals surface area contributed by atoms with Crippen molar-refractivity contribution >= 4 is 0 Å². The Hall–Kier alpha value is -1.64. The number of hydrogen-bond donors (Lipinski definition) is 1. The maximum absolute atomic E-state index is 6.19. The van der Waals surface area contributed by atoms with Gasteiger partial charge in [0, 0.05) is 0 Å². The summed E-state index contributed by atoms with van der Waals surface area (Å²) >= 11 is 0. The van der Waals surface area contributed by atoms with Gasteiger partial charge in [0.05, 0.1) is 18.8 Å². The Kier molecular flexibility index (Phi) is 4.14. The highest BCUT2D eigenvalue weighted by atomic mass is 16.5. The topological polar surface area (TPSA) is 35.2 Å². The Bertz CT molecular complexity index is 531. The molecule has 1 atom stereocenters. The van der Waals surface area contributed by atoms with E-state index in [0.29, 0.717) is 12.7 Å². The highest BCUT2D eigenvalue weighted by Gasteiger charge is 2.19. The van der Waals surface area contributed by atoms with Crippen LogP contribution in [0, 0.1) is 0 Å². The molecule has 0 bridgehead atoms. The average molecular weight is 267 g/mol. The number of ether oxygens (including phenoxy) is 1. The van der Waals surface area contributed by atoms with Crippen molar-refractivity contribution in [3.63, 3.8) is 0 Å². The van der Waals surface area contributed by atoms with Crippen molar-refractivity contribution in [3.8, 4) is 11.1 Å². The Morgan fingerprint density at radius 1 is 0.950 bits per heavy atom. The SMILES string of the molecule is NC(COC1CCC1)c1ccc(-c2ccccc2)cc1. The molecule has 0 amide bonds. The largest absolute Gasteiger partial charge is 0.376 e. The first kappa shape index (κ1) is 13.3. The van der Waals surface area contributed by atoms with E-state index < -0.39 is 0 Å². The van der Waals surface area contributed by atoms with E-state index >= 15 is 0 Å². The van der Waals surface area contributed by atoms with Crippen LogP contribution in [0.2, 0.25) is 0 Å². The van der Waals surface area contributed by atoms with Crippen molar-refractivity contribution in [2.24, 2.45) is 5.73 Å². The highest BCUT2D eigenvalue weighted by Crippen LogP contribution is 2.24. The molecule has 3 rings (SSSR count). The van der Waals surface area contributed by atoms with E-state index in [1.807, 2.05) is 6.07 Å². The molecule has 0 aromatic heterocycles. The minimum Gasteiger partial charge on any atom is -0.376 e. The molecule has 0 saturated heterocycles. The van der Waals surface area contributed by atoms with Crippen molar-refractivity contribution in [1.82, 2.24) is 0 Å². The quantitative estimate of drug-likeness (QED) is 0.891. The zero-order chi connectivity index (χ0) is 13.8. The first-order valence-corrected chi connectivity index (χ1v) is 7.35. The molecule has 0 heterocycles. The molecular weight excluding hydrogens is 246 g/mol. The van der Waals surface area contributed by atoms with Crippen molar-refractivity contribution in [2.45, 2.75) is 31.4 Å². The van der Waals surface area contributed by atoms with Gasteiger partial charge in [0.25, 0.3) is 0 Å². The molecular formula is C18H21NO. The summed E-state index contributed by atoms with van der Waals surface area (Å²) in [5.74, 6) is 0. The maximum atomic E-state index is 6.19.